The lowest BCUT2D eigenvalue weighted by atomic mass is 10.3. The summed E-state index contributed by atoms with van der Waals surface area (Å²) < 4.78 is 2.93. The van der Waals surface area contributed by atoms with E-state index in [0.29, 0.717) is 22.5 Å². The molecule has 0 atom stereocenters. The Morgan fingerprint density at radius 3 is 2.25 bits per heavy atom. The normalized spacial score (nSPS) is 11.0. The number of fused-ring (bicyclic) bond motifs is 1. The first-order valence-electron chi connectivity index (χ1n) is 7.25. The van der Waals surface area contributed by atoms with Gasteiger partial charge in [-0.25, -0.2) is 19.3 Å². The van der Waals surface area contributed by atoms with Crippen LogP contribution in [0.15, 0.2) is 65.7 Å². The molecular weight excluding hydrogens is 306 g/mol. The van der Waals surface area contributed by atoms with E-state index >= 15 is 0 Å². The zero-order valence-electron chi connectivity index (χ0n) is 12.5. The van der Waals surface area contributed by atoms with Crippen LogP contribution in [0.1, 0.15) is 0 Å². The SMILES string of the molecule is Nc1ncnc2c1n(-c1ccccc1)c(=O)n2-c1ccc(O)cc1. The molecule has 0 aliphatic rings. The number of anilines is 1. The fourth-order valence-electron chi connectivity index (χ4n) is 2.70. The van der Waals surface area contributed by atoms with Crippen LogP contribution < -0.4 is 11.4 Å². The first-order chi connectivity index (χ1) is 11.7. The second-order valence-electron chi connectivity index (χ2n) is 5.24. The number of nitrogens with zero attached hydrogens (tertiary/aromatic N) is 4. The average Bonchev–Trinajstić information content (AvgIpc) is 2.90. The van der Waals surface area contributed by atoms with Gasteiger partial charge < -0.3 is 10.8 Å². The van der Waals surface area contributed by atoms with Crippen LogP contribution >= 0.6 is 0 Å². The Bertz CT molecular complexity index is 1080. The van der Waals surface area contributed by atoms with Crippen LogP contribution in [0, 0.1) is 0 Å². The van der Waals surface area contributed by atoms with Gasteiger partial charge in [0.1, 0.15) is 17.6 Å². The molecule has 0 saturated carbocycles. The van der Waals surface area contributed by atoms with Crippen LogP contribution in [0.3, 0.4) is 0 Å². The van der Waals surface area contributed by atoms with E-state index in [1.54, 1.807) is 12.1 Å². The van der Waals surface area contributed by atoms with E-state index in [1.807, 2.05) is 30.3 Å². The summed E-state index contributed by atoms with van der Waals surface area (Å²) >= 11 is 0. The third-order valence-electron chi connectivity index (χ3n) is 3.77. The number of para-hydroxylation sites is 1. The van der Waals surface area contributed by atoms with Crippen molar-refractivity contribution in [1.82, 2.24) is 19.1 Å². The molecule has 3 N–H and O–H groups in total. The predicted molar refractivity (Wildman–Crippen MR) is 90.5 cm³/mol. The quantitative estimate of drug-likeness (QED) is 0.587. The van der Waals surface area contributed by atoms with Gasteiger partial charge in [0, 0.05) is 0 Å². The van der Waals surface area contributed by atoms with Gasteiger partial charge in [-0.3, -0.25) is 4.57 Å². The Morgan fingerprint density at radius 2 is 1.54 bits per heavy atom. The van der Waals surface area contributed by atoms with Crippen molar-refractivity contribution in [3.8, 4) is 17.1 Å². The lowest BCUT2D eigenvalue weighted by Gasteiger charge is -2.03. The van der Waals surface area contributed by atoms with Gasteiger partial charge in [0.05, 0.1) is 11.4 Å². The van der Waals surface area contributed by atoms with Gasteiger partial charge in [0.25, 0.3) is 0 Å². The molecule has 24 heavy (non-hydrogen) atoms. The van der Waals surface area contributed by atoms with E-state index in [-0.39, 0.29) is 17.3 Å². The zero-order valence-corrected chi connectivity index (χ0v) is 12.5. The third-order valence-corrected chi connectivity index (χ3v) is 3.77. The molecule has 0 unspecified atom stereocenters. The average molecular weight is 319 g/mol. The van der Waals surface area contributed by atoms with Gasteiger partial charge in [-0.2, -0.15) is 0 Å². The third kappa shape index (κ3) is 2.03. The molecule has 7 nitrogen and oxygen atoms in total. The molecule has 0 bridgehead atoms. The van der Waals surface area contributed by atoms with Gasteiger partial charge in [-0.1, -0.05) is 18.2 Å². The molecule has 0 radical (unpaired) electrons. The summed E-state index contributed by atoms with van der Waals surface area (Å²) in [6.45, 7) is 0. The number of aromatic nitrogens is 4. The van der Waals surface area contributed by atoms with Crippen molar-refractivity contribution in [2.24, 2.45) is 0 Å². The highest BCUT2D eigenvalue weighted by Crippen LogP contribution is 2.23. The number of aromatic hydroxyl groups is 1. The summed E-state index contributed by atoms with van der Waals surface area (Å²) in [5, 5.41) is 9.48. The molecule has 118 valence electrons. The van der Waals surface area contributed by atoms with Crippen LogP contribution in [-0.4, -0.2) is 24.2 Å². The summed E-state index contributed by atoms with van der Waals surface area (Å²) in [7, 11) is 0. The van der Waals surface area contributed by atoms with Crippen molar-refractivity contribution >= 4 is 17.0 Å². The highest BCUT2D eigenvalue weighted by Gasteiger charge is 2.19. The molecule has 0 saturated heterocycles. The number of imidazole rings is 1. The number of phenols is 1. The van der Waals surface area contributed by atoms with Gasteiger partial charge >= 0.3 is 5.69 Å². The summed E-state index contributed by atoms with van der Waals surface area (Å²) in [6.07, 6.45) is 1.32. The second-order valence-corrected chi connectivity index (χ2v) is 5.24. The molecular formula is C17H13N5O2. The Labute approximate surface area is 136 Å². The van der Waals surface area contributed by atoms with Crippen LogP contribution in [0.2, 0.25) is 0 Å². The number of nitrogens with two attached hydrogens (primary N) is 1. The number of phenolic OH excluding ortho intramolecular Hbond substituents is 1. The number of hydrogen-bond donors (Lipinski definition) is 2. The van der Waals surface area contributed by atoms with Crippen molar-refractivity contribution < 1.29 is 5.11 Å². The van der Waals surface area contributed by atoms with E-state index in [9.17, 15) is 9.90 Å². The molecule has 0 fully saturated rings. The monoisotopic (exact) mass is 319 g/mol. The molecule has 4 rings (SSSR count). The van der Waals surface area contributed by atoms with E-state index in [0.717, 1.165) is 0 Å². The molecule has 0 aliphatic carbocycles. The molecule has 0 spiro atoms. The number of rotatable bonds is 2. The van der Waals surface area contributed by atoms with E-state index in [4.69, 9.17) is 5.73 Å². The molecule has 0 amide bonds. The van der Waals surface area contributed by atoms with Crippen LogP contribution in [0.5, 0.6) is 5.75 Å². The molecule has 4 aromatic rings. The lowest BCUT2D eigenvalue weighted by Crippen LogP contribution is -2.22. The van der Waals surface area contributed by atoms with Crippen LogP contribution in [-0.2, 0) is 0 Å². The van der Waals surface area contributed by atoms with E-state index in [1.165, 1.54) is 27.6 Å². The summed E-state index contributed by atoms with van der Waals surface area (Å²) in [5.41, 5.74) is 7.81. The first kappa shape index (κ1) is 14.0. The number of benzene rings is 2. The fourth-order valence-corrected chi connectivity index (χ4v) is 2.70. The topological polar surface area (TPSA) is 99.0 Å². The molecule has 7 heteroatoms. The maximum atomic E-state index is 13.1. The minimum Gasteiger partial charge on any atom is -0.508 e. The first-order valence-corrected chi connectivity index (χ1v) is 7.25. The van der Waals surface area contributed by atoms with Crippen molar-refractivity contribution in [3.05, 3.63) is 71.4 Å². The van der Waals surface area contributed by atoms with Crippen molar-refractivity contribution in [2.75, 3.05) is 5.73 Å². The predicted octanol–water partition coefficient (Wildman–Crippen LogP) is 1.86. The Kier molecular flexibility index (Phi) is 3.06. The largest absolute Gasteiger partial charge is 0.508 e. The Morgan fingerprint density at radius 1 is 0.875 bits per heavy atom. The Hall–Kier alpha value is -3.61. The highest BCUT2D eigenvalue weighted by molar-refractivity contribution is 5.85. The van der Waals surface area contributed by atoms with Gasteiger partial charge in [-0.05, 0) is 36.4 Å². The summed E-state index contributed by atoms with van der Waals surface area (Å²) in [4.78, 5) is 21.3. The van der Waals surface area contributed by atoms with Crippen LogP contribution in [0.25, 0.3) is 22.5 Å². The maximum absolute atomic E-state index is 13.1. The second kappa shape index (κ2) is 5.24. The minimum atomic E-state index is -0.311. The van der Waals surface area contributed by atoms with E-state index in [2.05, 4.69) is 9.97 Å². The lowest BCUT2D eigenvalue weighted by molar-refractivity contribution is 0.475. The molecule has 2 aromatic carbocycles. The van der Waals surface area contributed by atoms with Crippen LogP contribution in [0.4, 0.5) is 5.82 Å². The van der Waals surface area contributed by atoms with Crippen molar-refractivity contribution in [3.63, 3.8) is 0 Å². The van der Waals surface area contributed by atoms with Gasteiger partial charge in [-0.15, -0.1) is 0 Å². The van der Waals surface area contributed by atoms with Gasteiger partial charge in [0.2, 0.25) is 0 Å². The number of hydrogen-bond acceptors (Lipinski definition) is 5. The number of nitrogen functional groups attached to an aromatic ring is 1. The standard InChI is InChI=1S/C17H13N5O2/c18-15-14-16(20-10-19-15)22(12-6-8-13(23)9-7-12)17(24)21(14)11-4-2-1-3-5-11/h1-10,23H,(H2,18,19,20). The summed E-state index contributed by atoms with van der Waals surface area (Å²) in [6, 6.07) is 15.5. The maximum Gasteiger partial charge on any atom is 0.339 e. The molecule has 2 aromatic heterocycles. The van der Waals surface area contributed by atoms with E-state index < -0.39 is 0 Å². The fraction of sp³-hybridized carbons (Fsp3) is 0. The minimum absolute atomic E-state index is 0.118. The van der Waals surface area contributed by atoms with Crippen molar-refractivity contribution in [2.45, 2.75) is 0 Å². The highest BCUT2D eigenvalue weighted by atomic mass is 16.3. The van der Waals surface area contributed by atoms with Crippen molar-refractivity contribution in [1.29, 1.82) is 0 Å². The molecule has 2 heterocycles. The zero-order chi connectivity index (χ0) is 16.7. The van der Waals surface area contributed by atoms with Gasteiger partial charge in [0.15, 0.2) is 11.5 Å². The summed E-state index contributed by atoms with van der Waals surface area (Å²) in [5.74, 6) is 0.339. The smallest absolute Gasteiger partial charge is 0.339 e. The molecule has 0 aliphatic heterocycles. The Balaban J connectivity index is 2.13.